The van der Waals surface area contributed by atoms with Crippen LogP contribution in [0.5, 0.6) is 0 Å². The second-order valence-electron chi connectivity index (χ2n) is 8.22. The van der Waals surface area contributed by atoms with Crippen LogP contribution >= 0.6 is 0 Å². The summed E-state index contributed by atoms with van der Waals surface area (Å²) in [4.78, 5) is 17.4. The van der Waals surface area contributed by atoms with Crippen LogP contribution in [-0.4, -0.2) is 52.6 Å². The highest BCUT2D eigenvalue weighted by molar-refractivity contribution is 5.95. The molecule has 0 spiro atoms. The van der Waals surface area contributed by atoms with Gasteiger partial charge >= 0.3 is 0 Å². The first-order valence-corrected chi connectivity index (χ1v) is 10.8. The molecule has 156 valence electrons. The van der Waals surface area contributed by atoms with E-state index in [9.17, 15) is 4.79 Å². The Kier molecular flexibility index (Phi) is 6.60. The quantitative estimate of drug-likeness (QED) is 0.647. The molecular weight excluding hydrogens is 372 g/mol. The van der Waals surface area contributed by atoms with Gasteiger partial charge in [-0.05, 0) is 36.9 Å². The first-order valence-electron chi connectivity index (χ1n) is 10.8. The molecule has 1 atom stereocenters. The standard InChI is InChI=1S/C25H30N4O/c1-28(18-21-11-6-3-7-12-21)25(30)23-17-26-27-24(23)22-13-8-15-29(19-22)16-14-20-9-4-2-5-10-20/h2-7,9-12,17,22H,8,13-16,18-19H2,1H3,(H,26,27). The molecular formula is C25H30N4O. The SMILES string of the molecule is CN(Cc1ccccc1)C(=O)c1cn[nH]c1C1CCCN(CCc2ccccc2)C1. The van der Waals surface area contributed by atoms with E-state index in [-0.39, 0.29) is 5.91 Å². The summed E-state index contributed by atoms with van der Waals surface area (Å²) < 4.78 is 0. The van der Waals surface area contributed by atoms with Crippen molar-refractivity contribution in [2.45, 2.75) is 31.7 Å². The van der Waals surface area contributed by atoms with E-state index in [0.29, 0.717) is 18.0 Å². The number of nitrogens with one attached hydrogen (secondary N) is 1. The van der Waals surface area contributed by atoms with Crippen LogP contribution in [0.1, 0.15) is 45.9 Å². The third-order valence-corrected chi connectivity index (χ3v) is 5.98. The smallest absolute Gasteiger partial charge is 0.257 e. The summed E-state index contributed by atoms with van der Waals surface area (Å²) in [6, 6.07) is 20.7. The van der Waals surface area contributed by atoms with Crippen molar-refractivity contribution in [1.29, 1.82) is 0 Å². The predicted octanol–water partition coefficient (Wildman–Crippen LogP) is 4.10. The van der Waals surface area contributed by atoms with Gasteiger partial charge in [0, 0.05) is 32.6 Å². The number of hydrogen-bond donors (Lipinski definition) is 1. The Balaban J connectivity index is 1.39. The van der Waals surface area contributed by atoms with Crippen LogP contribution in [0.3, 0.4) is 0 Å². The van der Waals surface area contributed by atoms with Crippen LogP contribution in [0.2, 0.25) is 0 Å². The van der Waals surface area contributed by atoms with Crippen molar-refractivity contribution >= 4 is 5.91 Å². The van der Waals surface area contributed by atoms with Crippen molar-refractivity contribution in [1.82, 2.24) is 20.0 Å². The Morgan fingerprint density at radius 2 is 1.80 bits per heavy atom. The largest absolute Gasteiger partial charge is 0.337 e. The number of nitrogens with zero attached hydrogens (tertiary/aromatic N) is 3. The van der Waals surface area contributed by atoms with Gasteiger partial charge in [0.2, 0.25) is 0 Å². The molecule has 1 fully saturated rings. The van der Waals surface area contributed by atoms with Gasteiger partial charge in [0.15, 0.2) is 0 Å². The molecule has 0 saturated carbocycles. The Bertz CT molecular complexity index is 938. The normalized spacial score (nSPS) is 17.0. The number of aromatic nitrogens is 2. The average molecular weight is 403 g/mol. The zero-order valence-electron chi connectivity index (χ0n) is 17.6. The van der Waals surface area contributed by atoms with Gasteiger partial charge in [-0.1, -0.05) is 60.7 Å². The number of piperidine rings is 1. The molecule has 4 rings (SSSR count). The number of H-pyrrole nitrogens is 1. The molecule has 0 aliphatic carbocycles. The van der Waals surface area contributed by atoms with E-state index in [1.807, 2.05) is 37.4 Å². The summed E-state index contributed by atoms with van der Waals surface area (Å²) in [7, 11) is 1.86. The fourth-order valence-electron chi connectivity index (χ4n) is 4.34. The van der Waals surface area contributed by atoms with Gasteiger partial charge in [0.1, 0.15) is 0 Å². The second-order valence-corrected chi connectivity index (χ2v) is 8.22. The Labute approximate surface area is 178 Å². The maximum Gasteiger partial charge on any atom is 0.257 e. The number of benzene rings is 2. The van der Waals surface area contributed by atoms with Gasteiger partial charge in [-0.15, -0.1) is 0 Å². The molecule has 1 amide bonds. The highest BCUT2D eigenvalue weighted by Gasteiger charge is 2.27. The van der Waals surface area contributed by atoms with Gasteiger partial charge in [-0.2, -0.15) is 5.10 Å². The molecule has 0 radical (unpaired) electrons. The summed E-state index contributed by atoms with van der Waals surface area (Å²) >= 11 is 0. The van der Waals surface area contributed by atoms with Crippen LogP contribution < -0.4 is 0 Å². The molecule has 1 aliphatic heterocycles. The topological polar surface area (TPSA) is 52.2 Å². The maximum absolute atomic E-state index is 13.1. The van der Waals surface area contributed by atoms with Gasteiger partial charge < -0.3 is 9.80 Å². The van der Waals surface area contributed by atoms with Crippen LogP contribution in [0.4, 0.5) is 0 Å². The molecule has 5 nitrogen and oxygen atoms in total. The average Bonchev–Trinajstić information content (AvgIpc) is 3.29. The Hall–Kier alpha value is -2.92. The number of likely N-dealkylation sites (tertiary alicyclic amines) is 1. The first-order chi connectivity index (χ1) is 14.7. The van der Waals surface area contributed by atoms with E-state index in [1.165, 1.54) is 5.56 Å². The minimum atomic E-state index is 0.0315. The van der Waals surface area contributed by atoms with E-state index in [4.69, 9.17) is 0 Å². The lowest BCUT2D eigenvalue weighted by atomic mass is 9.92. The molecule has 1 saturated heterocycles. The number of amides is 1. The molecule has 0 bridgehead atoms. The van der Waals surface area contributed by atoms with E-state index in [2.05, 4.69) is 45.4 Å². The summed E-state index contributed by atoms with van der Waals surface area (Å²) in [5.41, 5.74) is 4.20. The van der Waals surface area contributed by atoms with E-state index in [0.717, 1.165) is 50.2 Å². The van der Waals surface area contributed by atoms with Crippen molar-refractivity contribution in [3.63, 3.8) is 0 Å². The van der Waals surface area contributed by atoms with Crippen LogP contribution in [0, 0.1) is 0 Å². The highest BCUT2D eigenvalue weighted by atomic mass is 16.2. The van der Waals surface area contributed by atoms with E-state index in [1.54, 1.807) is 11.1 Å². The lowest BCUT2D eigenvalue weighted by Gasteiger charge is -2.32. The fraction of sp³-hybridized carbons (Fsp3) is 0.360. The summed E-state index contributed by atoms with van der Waals surface area (Å²) in [5.74, 6) is 0.352. The molecule has 5 heteroatoms. The van der Waals surface area contributed by atoms with Gasteiger partial charge in [-0.3, -0.25) is 9.89 Å². The minimum Gasteiger partial charge on any atom is -0.337 e. The second kappa shape index (κ2) is 9.72. The van der Waals surface area contributed by atoms with Gasteiger partial charge in [0.25, 0.3) is 5.91 Å². The highest BCUT2D eigenvalue weighted by Crippen LogP contribution is 2.28. The lowest BCUT2D eigenvalue weighted by Crippen LogP contribution is -2.36. The molecule has 3 aromatic rings. The van der Waals surface area contributed by atoms with E-state index < -0.39 is 0 Å². The van der Waals surface area contributed by atoms with Gasteiger partial charge in [0.05, 0.1) is 17.5 Å². The number of carbonyl (C=O) groups excluding carboxylic acids is 1. The third-order valence-electron chi connectivity index (χ3n) is 5.98. The number of rotatable bonds is 7. The van der Waals surface area contributed by atoms with Crippen LogP contribution in [0.25, 0.3) is 0 Å². The van der Waals surface area contributed by atoms with Crippen molar-refractivity contribution in [3.05, 3.63) is 89.2 Å². The van der Waals surface area contributed by atoms with E-state index >= 15 is 0 Å². The first kappa shape index (κ1) is 20.4. The molecule has 30 heavy (non-hydrogen) atoms. The van der Waals surface area contributed by atoms with Crippen LogP contribution in [0.15, 0.2) is 66.9 Å². The Morgan fingerprint density at radius 3 is 2.53 bits per heavy atom. The summed E-state index contributed by atoms with van der Waals surface area (Å²) in [6.07, 6.45) is 4.99. The molecule has 1 N–H and O–H groups in total. The zero-order valence-corrected chi connectivity index (χ0v) is 17.6. The summed E-state index contributed by atoms with van der Waals surface area (Å²) in [5, 5.41) is 7.38. The minimum absolute atomic E-state index is 0.0315. The predicted molar refractivity (Wildman–Crippen MR) is 119 cm³/mol. The molecule has 1 aliphatic rings. The van der Waals surface area contributed by atoms with Crippen molar-refractivity contribution in [2.75, 3.05) is 26.7 Å². The molecule has 2 aromatic carbocycles. The monoisotopic (exact) mass is 402 g/mol. The fourth-order valence-corrected chi connectivity index (χ4v) is 4.34. The number of hydrogen-bond acceptors (Lipinski definition) is 3. The molecule has 1 unspecified atom stereocenters. The third kappa shape index (κ3) is 4.97. The lowest BCUT2D eigenvalue weighted by molar-refractivity contribution is 0.0782. The molecule has 2 heterocycles. The van der Waals surface area contributed by atoms with Crippen molar-refractivity contribution < 1.29 is 4.79 Å². The van der Waals surface area contributed by atoms with Crippen molar-refractivity contribution in [2.24, 2.45) is 0 Å². The van der Waals surface area contributed by atoms with Crippen LogP contribution in [-0.2, 0) is 13.0 Å². The summed E-state index contributed by atoms with van der Waals surface area (Å²) in [6.45, 7) is 3.73. The Morgan fingerprint density at radius 1 is 1.10 bits per heavy atom. The zero-order chi connectivity index (χ0) is 20.8. The number of aromatic amines is 1. The van der Waals surface area contributed by atoms with Gasteiger partial charge in [-0.25, -0.2) is 0 Å². The molecule has 1 aromatic heterocycles. The van der Waals surface area contributed by atoms with Crippen molar-refractivity contribution in [3.8, 4) is 0 Å². The number of carbonyl (C=O) groups is 1. The maximum atomic E-state index is 13.1.